The van der Waals surface area contributed by atoms with Crippen molar-refractivity contribution < 1.29 is 0 Å². The van der Waals surface area contributed by atoms with Gasteiger partial charge in [0, 0.05) is 51.2 Å². The fourth-order valence-corrected chi connectivity index (χ4v) is 10.9. The van der Waals surface area contributed by atoms with Crippen molar-refractivity contribution in [1.82, 2.24) is 0 Å². The van der Waals surface area contributed by atoms with E-state index in [1.54, 1.807) is 0 Å². The zero-order valence-electron chi connectivity index (χ0n) is 44.8. The summed E-state index contributed by atoms with van der Waals surface area (Å²) >= 11 is 0. The van der Waals surface area contributed by atoms with Crippen LogP contribution in [0.25, 0.3) is 66.8 Å². The molecule has 0 aliphatic carbocycles. The van der Waals surface area contributed by atoms with Crippen molar-refractivity contribution in [2.45, 2.75) is 0 Å². The number of hydrogen-bond acceptors (Lipinski definition) is 3. The molecule has 0 saturated carbocycles. The summed E-state index contributed by atoms with van der Waals surface area (Å²) < 4.78 is 0. The number of para-hydroxylation sites is 1. The van der Waals surface area contributed by atoms with Gasteiger partial charge >= 0.3 is 0 Å². The SMILES string of the molecule is c1ccc(-c2ccc(N(c3ccc(-c4ccccc4)cc3)c3ccc(-c4cccc(N(c5ccccc5)c5cccc(-c6ccc(N(c7ccc(-c8ccccc8)cc7)c7ccc(-c8ccccc8)cc7)cc6)c5)c4)cc3)cc2)cc1. The lowest BCUT2D eigenvalue weighted by Gasteiger charge is -2.27. The van der Waals surface area contributed by atoms with E-state index >= 15 is 0 Å². The lowest BCUT2D eigenvalue weighted by Crippen LogP contribution is -2.10. The van der Waals surface area contributed by atoms with E-state index in [0.717, 1.165) is 73.4 Å². The molecule has 81 heavy (non-hydrogen) atoms. The maximum Gasteiger partial charge on any atom is 0.0467 e. The van der Waals surface area contributed by atoms with Crippen LogP contribution >= 0.6 is 0 Å². The van der Waals surface area contributed by atoms with Crippen LogP contribution in [0.5, 0.6) is 0 Å². The molecule has 0 fully saturated rings. The molecule has 13 aromatic carbocycles. The van der Waals surface area contributed by atoms with E-state index in [-0.39, 0.29) is 0 Å². The van der Waals surface area contributed by atoms with E-state index in [4.69, 9.17) is 0 Å². The minimum Gasteiger partial charge on any atom is -0.311 e. The molecule has 0 saturated heterocycles. The Morgan fingerprint density at radius 3 is 0.519 bits per heavy atom. The summed E-state index contributed by atoms with van der Waals surface area (Å²) in [6.07, 6.45) is 0. The van der Waals surface area contributed by atoms with E-state index in [0.29, 0.717) is 0 Å². The summed E-state index contributed by atoms with van der Waals surface area (Å²) in [7, 11) is 0. The monoisotopic (exact) mass is 1040 g/mol. The Balaban J connectivity index is 0.803. The Bertz CT molecular complexity index is 3710. The summed E-state index contributed by atoms with van der Waals surface area (Å²) in [6.45, 7) is 0. The Morgan fingerprint density at radius 2 is 0.272 bits per heavy atom. The number of benzene rings is 13. The molecule has 0 aliphatic rings. The van der Waals surface area contributed by atoms with Crippen molar-refractivity contribution in [1.29, 1.82) is 0 Å². The molecule has 0 spiro atoms. The van der Waals surface area contributed by atoms with Crippen LogP contribution in [0.1, 0.15) is 0 Å². The van der Waals surface area contributed by atoms with Crippen LogP contribution in [0.15, 0.2) is 346 Å². The van der Waals surface area contributed by atoms with Gasteiger partial charge in [0.15, 0.2) is 0 Å². The first kappa shape index (κ1) is 49.8. The van der Waals surface area contributed by atoms with Crippen LogP contribution < -0.4 is 14.7 Å². The predicted molar refractivity (Wildman–Crippen MR) is 343 cm³/mol. The third-order valence-corrected chi connectivity index (χ3v) is 15.1. The normalized spacial score (nSPS) is 11.0. The second kappa shape index (κ2) is 23.1. The molecule has 0 bridgehead atoms. The topological polar surface area (TPSA) is 9.72 Å². The number of nitrogens with zero attached hydrogens (tertiary/aromatic N) is 3. The molecule has 384 valence electrons. The van der Waals surface area contributed by atoms with Crippen molar-refractivity contribution in [3.05, 3.63) is 346 Å². The summed E-state index contributed by atoms with van der Waals surface area (Å²) in [5.74, 6) is 0. The molecule has 0 N–H and O–H groups in total. The van der Waals surface area contributed by atoms with E-state index in [9.17, 15) is 0 Å². The van der Waals surface area contributed by atoms with Crippen LogP contribution in [0.4, 0.5) is 51.2 Å². The molecule has 0 heterocycles. The van der Waals surface area contributed by atoms with Crippen LogP contribution in [-0.2, 0) is 0 Å². The van der Waals surface area contributed by atoms with Crippen LogP contribution in [0.2, 0.25) is 0 Å². The van der Waals surface area contributed by atoms with Gasteiger partial charge in [-0.05, 0) is 176 Å². The fourth-order valence-electron chi connectivity index (χ4n) is 10.9. The van der Waals surface area contributed by atoms with Gasteiger partial charge in [0.25, 0.3) is 0 Å². The molecule has 0 unspecified atom stereocenters. The number of rotatable bonds is 15. The van der Waals surface area contributed by atoms with Gasteiger partial charge in [-0.2, -0.15) is 0 Å². The molecule has 0 radical (unpaired) electrons. The molecule has 3 heteroatoms. The van der Waals surface area contributed by atoms with Gasteiger partial charge < -0.3 is 14.7 Å². The smallest absolute Gasteiger partial charge is 0.0467 e. The lowest BCUT2D eigenvalue weighted by atomic mass is 10.0. The molecular weight excluding hydrogens is 979 g/mol. The highest BCUT2D eigenvalue weighted by Crippen LogP contribution is 2.42. The quantitative estimate of drug-likeness (QED) is 0.101. The Morgan fingerprint density at radius 1 is 0.111 bits per heavy atom. The van der Waals surface area contributed by atoms with Gasteiger partial charge in [0.05, 0.1) is 0 Å². The summed E-state index contributed by atoms with van der Waals surface area (Å²) in [5.41, 5.74) is 23.8. The van der Waals surface area contributed by atoms with Gasteiger partial charge in [-0.25, -0.2) is 0 Å². The van der Waals surface area contributed by atoms with E-state index in [1.165, 1.54) is 44.5 Å². The van der Waals surface area contributed by atoms with Crippen molar-refractivity contribution in [2.75, 3.05) is 14.7 Å². The van der Waals surface area contributed by atoms with Gasteiger partial charge in [0.1, 0.15) is 0 Å². The zero-order chi connectivity index (χ0) is 54.2. The van der Waals surface area contributed by atoms with Gasteiger partial charge in [-0.3, -0.25) is 0 Å². The third kappa shape index (κ3) is 10.9. The van der Waals surface area contributed by atoms with Crippen molar-refractivity contribution in [2.24, 2.45) is 0 Å². The standard InChI is InChI=1S/C78H57N3/c1-6-18-58(19-7-1)62-32-44-71(45-33-62)79(72-46-34-63(35-47-72)59-20-8-2-9-21-59)75-52-40-66(41-53-75)68-26-16-30-77(56-68)81(70-28-14-5-15-29-70)78-31-17-27-69(57-78)67-42-54-76(55-43-67)80(73-48-36-64(37-49-73)60-22-10-3-11-23-60)74-50-38-65(39-51-74)61-24-12-4-13-25-61/h1-57H. The first-order valence-electron chi connectivity index (χ1n) is 27.6. The Hall–Kier alpha value is -10.7. The molecular formula is C78H57N3. The van der Waals surface area contributed by atoms with Gasteiger partial charge in [-0.1, -0.05) is 237 Å². The van der Waals surface area contributed by atoms with Crippen LogP contribution in [0, 0.1) is 0 Å². The minimum absolute atomic E-state index is 1.07. The van der Waals surface area contributed by atoms with Crippen LogP contribution in [0.3, 0.4) is 0 Å². The number of hydrogen-bond donors (Lipinski definition) is 0. The molecule has 13 aromatic rings. The average molecular weight is 1040 g/mol. The highest BCUT2D eigenvalue weighted by atomic mass is 15.2. The number of anilines is 9. The maximum atomic E-state index is 2.36. The van der Waals surface area contributed by atoms with E-state index in [2.05, 4.69) is 360 Å². The van der Waals surface area contributed by atoms with Crippen molar-refractivity contribution in [3.8, 4) is 66.8 Å². The minimum atomic E-state index is 1.07. The van der Waals surface area contributed by atoms with Crippen molar-refractivity contribution >= 4 is 51.2 Å². The molecule has 0 amide bonds. The molecule has 0 atom stereocenters. The average Bonchev–Trinajstić information content (AvgIpc) is 3.58. The maximum absolute atomic E-state index is 2.36. The molecule has 0 aromatic heterocycles. The Labute approximate surface area is 475 Å². The fraction of sp³-hybridized carbons (Fsp3) is 0. The molecule has 13 rings (SSSR count). The van der Waals surface area contributed by atoms with E-state index < -0.39 is 0 Å². The lowest BCUT2D eigenvalue weighted by molar-refractivity contribution is 1.28. The third-order valence-electron chi connectivity index (χ3n) is 15.1. The van der Waals surface area contributed by atoms with Gasteiger partial charge in [-0.15, -0.1) is 0 Å². The largest absolute Gasteiger partial charge is 0.311 e. The zero-order valence-corrected chi connectivity index (χ0v) is 44.8. The summed E-state index contributed by atoms with van der Waals surface area (Å²) in [5, 5.41) is 0. The van der Waals surface area contributed by atoms with Gasteiger partial charge in [0.2, 0.25) is 0 Å². The predicted octanol–water partition coefficient (Wildman–Crippen LogP) is 22.1. The molecule has 0 aliphatic heterocycles. The van der Waals surface area contributed by atoms with E-state index in [1.807, 2.05) is 0 Å². The Kier molecular flexibility index (Phi) is 14.2. The summed E-state index contributed by atoms with van der Waals surface area (Å²) in [6, 6.07) is 124. The highest BCUT2D eigenvalue weighted by Gasteiger charge is 2.18. The second-order valence-corrected chi connectivity index (χ2v) is 20.2. The highest BCUT2D eigenvalue weighted by molar-refractivity contribution is 5.86. The first-order chi connectivity index (χ1) is 40.1. The summed E-state index contributed by atoms with van der Waals surface area (Å²) in [4.78, 5) is 7.04. The van der Waals surface area contributed by atoms with Crippen molar-refractivity contribution in [3.63, 3.8) is 0 Å². The van der Waals surface area contributed by atoms with Crippen LogP contribution in [-0.4, -0.2) is 0 Å². The first-order valence-corrected chi connectivity index (χ1v) is 27.6. The second-order valence-electron chi connectivity index (χ2n) is 20.2. The molecule has 3 nitrogen and oxygen atoms in total.